The highest BCUT2D eigenvalue weighted by Gasteiger charge is 2.74. The first kappa shape index (κ1) is 28.3. The van der Waals surface area contributed by atoms with Crippen molar-refractivity contribution in [2.24, 2.45) is 5.41 Å². The smallest absolute Gasteiger partial charge is 0.187 e. The Labute approximate surface area is 210 Å². The fourth-order valence-electron chi connectivity index (χ4n) is 5.98. The zero-order valence-corrected chi connectivity index (χ0v) is 21.1. The van der Waals surface area contributed by atoms with Crippen LogP contribution in [0.1, 0.15) is 40.5 Å². The van der Waals surface area contributed by atoms with E-state index in [0.29, 0.717) is 12.8 Å². The lowest BCUT2D eigenvalue weighted by molar-refractivity contribution is -0.339. The van der Waals surface area contributed by atoms with Crippen LogP contribution in [-0.2, 0) is 23.7 Å². The molecule has 12 heteroatoms. The Hall–Kier alpha value is -0.740. The number of rotatable bonds is 8. The Balaban J connectivity index is 1.48. The fraction of sp³-hybridized carbons (Fsp3) is 0.917. The summed E-state index contributed by atoms with van der Waals surface area (Å²) in [5, 5.41) is 70.8. The van der Waals surface area contributed by atoms with Gasteiger partial charge < -0.3 is 59.4 Å². The van der Waals surface area contributed by atoms with Crippen molar-refractivity contribution in [3.63, 3.8) is 0 Å². The van der Waals surface area contributed by atoms with Gasteiger partial charge in [-0.05, 0) is 20.3 Å². The summed E-state index contributed by atoms with van der Waals surface area (Å²) in [6.07, 6.45) is -6.22. The Kier molecular flexibility index (Phi) is 7.68. The molecule has 0 spiro atoms. The van der Waals surface area contributed by atoms with E-state index in [1.165, 1.54) is 0 Å². The summed E-state index contributed by atoms with van der Waals surface area (Å²) in [6.45, 7) is 6.00. The van der Waals surface area contributed by atoms with E-state index in [1.54, 1.807) is 13.0 Å². The average Bonchev–Trinajstić information content (AvgIpc) is 3.33. The zero-order valence-electron chi connectivity index (χ0n) is 21.1. The molecule has 36 heavy (non-hydrogen) atoms. The van der Waals surface area contributed by atoms with Gasteiger partial charge in [0, 0.05) is 11.8 Å². The molecule has 4 aliphatic rings. The maximum atomic E-state index is 10.7. The molecule has 3 heterocycles. The molecule has 3 saturated heterocycles. The average molecular weight is 521 g/mol. The molecular weight excluding hydrogens is 480 g/mol. The van der Waals surface area contributed by atoms with Gasteiger partial charge in [0.05, 0.1) is 32.0 Å². The van der Waals surface area contributed by atoms with Gasteiger partial charge >= 0.3 is 0 Å². The largest absolute Gasteiger partial charge is 0.394 e. The van der Waals surface area contributed by atoms with Gasteiger partial charge in [-0.25, -0.2) is 0 Å². The van der Waals surface area contributed by atoms with Crippen LogP contribution >= 0.6 is 0 Å². The lowest BCUT2D eigenvalue weighted by Gasteiger charge is -2.43. The van der Waals surface area contributed by atoms with Crippen molar-refractivity contribution in [2.45, 2.75) is 113 Å². The van der Waals surface area contributed by atoms with Crippen LogP contribution in [0.2, 0.25) is 0 Å². The van der Waals surface area contributed by atoms with Crippen LogP contribution in [0.5, 0.6) is 0 Å². The second kappa shape index (κ2) is 9.78. The standard InChI is InChI=1S/C24H40O12/c1-12(5-6-24-21(2,3)7-13(27)8-22(24,4)36-24)33-19-17(16(29)15(28)14(9-25)34-19)35-20-18(30)23(31,10-26)11-32-20/h5-6,12-20,25-31H,7-11H2,1-4H3/b6-5+/t12-,13+,14-,15-,16+,17-,18+,19-,20-,22-,23+,24+/m1/s1. The van der Waals surface area contributed by atoms with Crippen LogP contribution in [-0.4, -0.2) is 128 Å². The van der Waals surface area contributed by atoms with Crippen molar-refractivity contribution < 1.29 is 59.4 Å². The number of fused-ring (bicyclic) bond motifs is 1. The Bertz CT molecular complexity index is 823. The highest BCUT2D eigenvalue weighted by Crippen LogP contribution is 2.66. The molecule has 4 rings (SSSR count). The van der Waals surface area contributed by atoms with Crippen molar-refractivity contribution in [2.75, 3.05) is 19.8 Å². The lowest BCUT2D eigenvalue weighted by Crippen LogP contribution is -2.61. The summed E-state index contributed by atoms with van der Waals surface area (Å²) in [6, 6.07) is 0. The predicted molar refractivity (Wildman–Crippen MR) is 121 cm³/mol. The summed E-state index contributed by atoms with van der Waals surface area (Å²) in [5.74, 6) is 0. The van der Waals surface area contributed by atoms with E-state index < -0.39 is 91.9 Å². The van der Waals surface area contributed by atoms with E-state index in [0.717, 1.165) is 0 Å². The molecule has 208 valence electrons. The van der Waals surface area contributed by atoms with Gasteiger partial charge in [0.25, 0.3) is 0 Å². The van der Waals surface area contributed by atoms with Gasteiger partial charge in [0.2, 0.25) is 0 Å². The van der Waals surface area contributed by atoms with Gasteiger partial charge in [-0.3, -0.25) is 0 Å². The highest BCUT2D eigenvalue weighted by atomic mass is 16.8. The normalized spacial score (nSPS) is 51.3. The molecule has 3 aliphatic heterocycles. The minimum Gasteiger partial charge on any atom is -0.394 e. The molecule has 0 radical (unpaired) electrons. The maximum Gasteiger partial charge on any atom is 0.187 e. The van der Waals surface area contributed by atoms with E-state index in [4.69, 9.17) is 23.7 Å². The lowest BCUT2D eigenvalue weighted by atomic mass is 9.63. The summed E-state index contributed by atoms with van der Waals surface area (Å²) in [5.41, 5.74) is -3.36. The van der Waals surface area contributed by atoms with E-state index in [2.05, 4.69) is 0 Å². The Morgan fingerprint density at radius 3 is 2.31 bits per heavy atom. The summed E-state index contributed by atoms with van der Waals surface area (Å²) in [7, 11) is 0. The summed E-state index contributed by atoms with van der Waals surface area (Å²) >= 11 is 0. The van der Waals surface area contributed by atoms with Crippen LogP contribution in [0.4, 0.5) is 0 Å². The minimum atomic E-state index is -1.94. The molecule has 0 aromatic rings. The number of ether oxygens (including phenoxy) is 5. The number of aliphatic hydroxyl groups is 7. The van der Waals surface area contributed by atoms with Crippen molar-refractivity contribution in [3.05, 3.63) is 12.2 Å². The van der Waals surface area contributed by atoms with Gasteiger partial charge in [-0.2, -0.15) is 0 Å². The third-order valence-corrected chi connectivity index (χ3v) is 8.15. The van der Waals surface area contributed by atoms with Crippen molar-refractivity contribution >= 4 is 0 Å². The molecular formula is C24H40O12. The monoisotopic (exact) mass is 520 g/mol. The van der Waals surface area contributed by atoms with E-state index in [9.17, 15) is 35.7 Å². The van der Waals surface area contributed by atoms with Crippen LogP contribution in [0.3, 0.4) is 0 Å². The first-order valence-electron chi connectivity index (χ1n) is 12.4. The SMILES string of the molecule is C[C@H](/C=C/[C@@]12O[C@]1(C)C[C@@H](O)CC2(C)C)O[C@@H]1O[C@H](CO)[C@@H](O)[C@H](O)[C@H]1O[C@H]1OC[C@@](O)(CO)[C@H]1O. The molecule has 0 unspecified atom stereocenters. The van der Waals surface area contributed by atoms with Crippen LogP contribution in [0, 0.1) is 5.41 Å². The molecule has 1 saturated carbocycles. The molecule has 12 nitrogen and oxygen atoms in total. The fourth-order valence-corrected chi connectivity index (χ4v) is 5.98. The number of aliphatic hydroxyl groups excluding tert-OH is 6. The summed E-state index contributed by atoms with van der Waals surface area (Å²) < 4.78 is 28.7. The molecule has 4 fully saturated rings. The van der Waals surface area contributed by atoms with Gasteiger partial charge in [-0.1, -0.05) is 26.0 Å². The third-order valence-electron chi connectivity index (χ3n) is 8.15. The highest BCUT2D eigenvalue weighted by molar-refractivity contribution is 5.32. The van der Waals surface area contributed by atoms with Gasteiger partial charge in [0.1, 0.15) is 47.3 Å². The van der Waals surface area contributed by atoms with Gasteiger partial charge in [-0.15, -0.1) is 0 Å². The molecule has 7 N–H and O–H groups in total. The van der Waals surface area contributed by atoms with Crippen molar-refractivity contribution in [1.29, 1.82) is 0 Å². The first-order chi connectivity index (χ1) is 16.7. The number of epoxide rings is 1. The summed E-state index contributed by atoms with van der Waals surface area (Å²) in [4.78, 5) is 0. The maximum absolute atomic E-state index is 10.7. The topological polar surface area (TPSA) is 191 Å². The second-order valence-electron chi connectivity index (χ2n) is 11.4. The van der Waals surface area contributed by atoms with E-state index in [1.807, 2.05) is 26.8 Å². The number of hydrogen-bond acceptors (Lipinski definition) is 12. The number of hydrogen-bond donors (Lipinski definition) is 7. The molecule has 0 aromatic heterocycles. The van der Waals surface area contributed by atoms with Gasteiger partial charge in [0.15, 0.2) is 12.6 Å². The Morgan fingerprint density at radius 2 is 1.72 bits per heavy atom. The molecule has 0 amide bonds. The minimum absolute atomic E-state index is 0.329. The Morgan fingerprint density at radius 1 is 1.03 bits per heavy atom. The first-order valence-corrected chi connectivity index (χ1v) is 12.4. The quantitative estimate of drug-likeness (QED) is 0.137. The van der Waals surface area contributed by atoms with Crippen LogP contribution in [0.15, 0.2) is 12.2 Å². The van der Waals surface area contributed by atoms with E-state index >= 15 is 0 Å². The second-order valence-corrected chi connectivity index (χ2v) is 11.4. The van der Waals surface area contributed by atoms with Crippen LogP contribution < -0.4 is 0 Å². The zero-order chi connectivity index (χ0) is 26.7. The predicted octanol–water partition coefficient (Wildman–Crippen LogP) is -2.08. The van der Waals surface area contributed by atoms with E-state index in [-0.39, 0.29) is 5.41 Å². The van der Waals surface area contributed by atoms with Crippen LogP contribution in [0.25, 0.3) is 0 Å². The van der Waals surface area contributed by atoms with Crippen molar-refractivity contribution in [3.8, 4) is 0 Å². The van der Waals surface area contributed by atoms with Crippen molar-refractivity contribution in [1.82, 2.24) is 0 Å². The molecule has 1 aliphatic carbocycles. The molecule has 12 atom stereocenters. The molecule has 0 bridgehead atoms. The third kappa shape index (κ3) is 4.65. The molecule has 0 aromatic carbocycles.